The van der Waals surface area contributed by atoms with E-state index in [1.165, 1.54) is 12.2 Å². The third kappa shape index (κ3) is 17.2. The number of primary amides is 2. The molecule has 0 bridgehead atoms. The molecule has 96 valence electrons. The van der Waals surface area contributed by atoms with E-state index in [-0.39, 0.29) is 28.9 Å². The molecule has 0 spiro atoms. The molecule has 0 saturated carbocycles. The largest absolute Gasteiger partial charge is 0.369 e. The molecule has 1 aliphatic heterocycles. The number of halogens is 2. The molecule has 0 aliphatic carbocycles. The maximum Gasteiger partial charge on any atom is 0.250 e. The van der Waals surface area contributed by atoms with Crippen molar-refractivity contribution in [3.63, 3.8) is 0 Å². The van der Waals surface area contributed by atoms with E-state index in [2.05, 4.69) is 27.4 Å². The zero-order valence-electron chi connectivity index (χ0n) is 8.61. The monoisotopic (exact) mass is 327 g/mol. The second kappa shape index (κ2) is 11.1. The fraction of sp³-hybridized carbons (Fsp3) is 0.250. The fourth-order valence-electron chi connectivity index (χ4n) is 0.356. The van der Waals surface area contributed by atoms with E-state index in [1.807, 2.05) is 5.32 Å². The molecule has 1 rings (SSSR count). The van der Waals surface area contributed by atoms with Gasteiger partial charge in [-0.15, -0.1) is 11.6 Å². The number of hydrogen-bond donors (Lipinski definition) is 3. The highest BCUT2D eigenvalue weighted by Gasteiger charge is 2.06. The van der Waals surface area contributed by atoms with Crippen LogP contribution in [0.5, 0.6) is 0 Å². The Bertz CT molecular complexity index is 303. The van der Waals surface area contributed by atoms with Crippen molar-refractivity contribution in [3.8, 4) is 0 Å². The first-order valence-electron chi connectivity index (χ1n) is 4.05. The number of imide groups is 1. The lowest BCUT2D eigenvalue weighted by atomic mass is 10.6. The average Bonchev–Trinajstić information content (AvgIpc) is 2.64. The van der Waals surface area contributed by atoms with Crippen LogP contribution in [0.2, 0.25) is 0 Å². The Morgan fingerprint density at radius 1 is 1.18 bits per heavy atom. The number of carbonyl (C=O) groups is 4. The first-order valence-corrected chi connectivity index (χ1v) is 5.70. The summed E-state index contributed by atoms with van der Waals surface area (Å²) in [5, 5.41) is 2.28. The van der Waals surface area contributed by atoms with Gasteiger partial charge in [-0.1, -0.05) is 15.9 Å². The summed E-state index contributed by atoms with van der Waals surface area (Å²) in [5.41, 5.74) is 9.13. The summed E-state index contributed by atoms with van der Waals surface area (Å²) < 4.78 is 0. The molecular formula is C8H11BrClN3O4. The number of rotatable bonds is 2. The van der Waals surface area contributed by atoms with E-state index in [9.17, 15) is 19.2 Å². The molecule has 0 aromatic heterocycles. The van der Waals surface area contributed by atoms with Crippen LogP contribution in [0.1, 0.15) is 0 Å². The van der Waals surface area contributed by atoms with E-state index in [1.54, 1.807) is 0 Å². The molecule has 1 heterocycles. The molecule has 0 saturated heterocycles. The number of nitrogens with two attached hydrogens (primary N) is 2. The van der Waals surface area contributed by atoms with E-state index < -0.39 is 5.91 Å². The van der Waals surface area contributed by atoms with E-state index in [0.717, 1.165) is 0 Å². The van der Waals surface area contributed by atoms with Crippen molar-refractivity contribution >= 4 is 51.2 Å². The highest BCUT2D eigenvalue weighted by molar-refractivity contribution is 9.09. The van der Waals surface area contributed by atoms with Gasteiger partial charge in [-0.05, 0) is 0 Å². The standard InChI is InChI=1S/C4H3NO2.C2H4BrNO.C2H4ClNO/c6-3-1-2-4(7)5-3;2*3-1-2(4)5/h1-2H,(H,5,6,7);2*1H2,(H2,4,5). The van der Waals surface area contributed by atoms with Gasteiger partial charge in [0.1, 0.15) is 5.88 Å². The molecule has 9 heteroatoms. The lowest BCUT2D eigenvalue weighted by Gasteiger charge is -1.80. The zero-order valence-corrected chi connectivity index (χ0v) is 11.0. The van der Waals surface area contributed by atoms with Crippen LogP contribution in [0.15, 0.2) is 12.2 Å². The Morgan fingerprint density at radius 2 is 1.47 bits per heavy atom. The van der Waals surface area contributed by atoms with Crippen molar-refractivity contribution in [1.29, 1.82) is 0 Å². The van der Waals surface area contributed by atoms with Crippen LogP contribution in [-0.4, -0.2) is 34.8 Å². The van der Waals surface area contributed by atoms with Crippen LogP contribution in [0.4, 0.5) is 0 Å². The second-order valence-electron chi connectivity index (χ2n) is 2.39. The van der Waals surface area contributed by atoms with Crippen molar-refractivity contribution < 1.29 is 19.2 Å². The third-order valence-electron chi connectivity index (χ3n) is 0.896. The molecule has 4 amide bonds. The molecule has 0 radical (unpaired) electrons. The van der Waals surface area contributed by atoms with Gasteiger partial charge in [-0.2, -0.15) is 0 Å². The van der Waals surface area contributed by atoms with Crippen LogP contribution >= 0.6 is 27.5 Å². The van der Waals surface area contributed by atoms with Gasteiger partial charge in [0.25, 0.3) is 11.8 Å². The molecule has 0 aromatic carbocycles. The summed E-state index contributed by atoms with van der Waals surface area (Å²) in [6.07, 6.45) is 2.39. The van der Waals surface area contributed by atoms with E-state index >= 15 is 0 Å². The number of hydrogen-bond acceptors (Lipinski definition) is 4. The second-order valence-corrected chi connectivity index (χ2v) is 3.21. The summed E-state index contributed by atoms with van der Waals surface area (Å²) in [4.78, 5) is 39.1. The van der Waals surface area contributed by atoms with E-state index in [4.69, 9.17) is 11.6 Å². The van der Waals surface area contributed by atoms with Gasteiger partial charge in [-0.3, -0.25) is 24.5 Å². The summed E-state index contributed by atoms with van der Waals surface area (Å²) in [7, 11) is 0. The molecule has 5 N–H and O–H groups in total. The normalized spacial score (nSPS) is 11.6. The molecule has 0 unspecified atom stereocenters. The van der Waals surface area contributed by atoms with Crippen LogP contribution < -0.4 is 16.8 Å². The van der Waals surface area contributed by atoms with Gasteiger partial charge >= 0.3 is 0 Å². The smallest absolute Gasteiger partial charge is 0.250 e. The van der Waals surface area contributed by atoms with Crippen molar-refractivity contribution in [2.24, 2.45) is 11.5 Å². The lowest BCUT2D eigenvalue weighted by molar-refractivity contribution is -0.123. The molecular weight excluding hydrogens is 317 g/mol. The summed E-state index contributed by atoms with van der Waals surface area (Å²) >= 11 is 7.70. The first-order chi connectivity index (χ1) is 7.83. The molecule has 0 atom stereocenters. The van der Waals surface area contributed by atoms with Gasteiger partial charge in [0, 0.05) is 12.2 Å². The minimum atomic E-state index is -0.480. The Labute approximate surface area is 111 Å². The summed E-state index contributed by atoms with van der Waals surface area (Å²) in [6.45, 7) is 0. The first kappa shape index (κ1) is 18.0. The lowest BCUT2D eigenvalue weighted by Crippen LogP contribution is -2.19. The molecule has 0 aromatic rings. The fourth-order valence-corrected chi connectivity index (χ4v) is 0.356. The summed E-state index contributed by atoms with van der Waals surface area (Å²) in [5.74, 6) is -1.55. The Hall–Kier alpha value is -1.41. The van der Waals surface area contributed by atoms with E-state index in [0.29, 0.717) is 0 Å². The topological polar surface area (TPSA) is 132 Å². The minimum Gasteiger partial charge on any atom is -0.369 e. The Morgan fingerprint density at radius 3 is 1.53 bits per heavy atom. The zero-order chi connectivity index (χ0) is 13.8. The van der Waals surface area contributed by atoms with Gasteiger partial charge in [0.05, 0.1) is 5.33 Å². The Balaban J connectivity index is 0. The average molecular weight is 329 g/mol. The maximum atomic E-state index is 10.0. The molecule has 7 nitrogen and oxygen atoms in total. The number of alkyl halides is 2. The van der Waals surface area contributed by atoms with Gasteiger partial charge in [-0.25, -0.2) is 0 Å². The van der Waals surface area contributed by atoms with Gasteiger partial charge in [0.2, 0.25) is 11.8 Å². The number of carbonyl (C=O) groups excluding carboxylic acids is 4. The SMILES string of the molecule is NC(=O)CBr.NC(=O)CCl.O=C1C=CC(=O)N1. The van der Waals surface area contributed by atoms with Gasteiger partial charge in [0.15, 0.2) is 0 Å². The molecule has 0 fully saturated rings. The highest BCUT2D eigenvalue weighted by atomic mass is 79.9. The number of nitrogens with one attached hydrogen (secondary N) is 1. The van der Waals surface area contributed by atoms with Crippen LogP contribution in [0, 0.1) is 0 Å². The van der Waals surface area contributed by atoms with Crippen molar-refractivity contribution in [2.75, 3.05) is 11.2 Å². The highest BCUT2D eigenvalue weighted by Crippen LogP contribution is 1.82. The predicted molar refractivity (Wildman–Crippen MR) is 65.2 cm³/mol. The van der Waals surface area contributed by atoms with Crippen LogP contribution in [-0.2, 0) is 19.2 Å². The quantitative estimate of drug-likeness (QED) is 0.432. The van der Waals surface area contributed by atoms with Gasteiger partial charge < -0.3 is 11.5 Å². The van der Waals surface area contributed by atoms with Crippen molar-refractivity contribution in [1.82, 2.24) is 5.32 Å². The predicted octanol–water partition coefficient (Wildman–Crippen LogP) is -1.22. The molecule has 1 aliphatic rings. The number of amides is 4. The van der Waals surface area contributed by atoms with Crippen LogP contribution in [0.3, 0.4) is 0 Å². The summed E-state index contributed by atoms with van der Waals surface area (Å²) in [6, 6.07) is 0. The van der Waals surface area contributed by atoms with Crippen molar-refractivity contribution in [2.45, 2.75) is 0 Å². The third-order valence-corrected chi connectivity index (χ3v) is 1.71. The Kier molecular flexibility index (Phi) is 11.7. The maximum absolute atomic E-state index is 10.0. The van der Waals surface area contributed by atoms with Crippen LogP contribution in [0.25, 0.3) is 0 Å². The van der Waals surface area contributed by atoms with Crippen molar-refractivity contribution in [3.05, 3.63) is 12.2 Å². The minimum absolute atomic E-state index is 0.0833. The molecule has 17 heavy (non-hydrogen) atoms.